The first-order chi connectivity index (χ1) is 15.3. The van der Waals surface area contributed by atoms with Gasteiger partial charge >= 0.3 is 0 Å². The Morgan fingerprint density at radius 1 is 0.968 bits per heavy atom. The molecule has 31 heavy (non-hydrogen) atoms. The number of aromatic nitrogens is 2. The number of nitrogens with zero attached hydrogens (tertiary/aromatic N) is 2. The first kappa shape index (κ1) is 19.0. The van der Waals surface area contributed by atoms with Crippen molar-refractivity contribution < 1.29 is 14.1 Å². The lowest BCUT2D eigenvalue weighted by atomic mass is 10.1. The van der Waals surface area contributed by atoms with Crippen molar-refractivity contribution >= 4 is 33.7 Å². The van der Waals surface area contributed by atoms with Crippen LogP contribution >= 0.6 is 11.3 Å². The number of rotatable bonds is 6. The summed E-state index contributed by atoms with van der Waals surface area (Å²) < 4.78 is 11.1. The minimum atomic E-state index is -0.279. The van der Waals surface area contributed by atoms with Gasteiger partial charge in [-0.2, -0.15) is 4.98 Å². The largest absolute Gasteiger partial charge is 0.484 e. The van der Waals surface area contributed by atoms with Crippen LogP contribution in [-0.4, -0.2) is 22.7 Å². The average molecular weight is 427 g/mol. The van der Waals surface area contributed by atoms with E-state index in [-0.39, 0.29) is 12.5 Å². The lowest BCUT2D eigenvalue weighted by Crippen LogP contribution is -2.20. The third-order valence-electron chi connectivity index (χ3n) is 4.69. The molecular weight excluding hydrogens is 410 g/mol. The van der Waals surface area contributed by atoms with Gasteiger partial charge in [0.2, 0.25) is 5.82 Å². The molecule has 3 aromatic carbocycles. The van der Waals surface area contributed by atoms with Gasteiger partial charge < -0.3 is 14.6 Å². The number of fused-ring (bicyclic) bond motifs is 1. The second-order valence-electron chi connectivity index (χ2n) is 6.79. The molecular formula is C24H17N3O3S. The Kier molecular flexibility index (Phi) is 5.16. The van der Waals surface area contributed by atoms with Crippen molar-refractivity contribution in [3.8, 4) is 27.9 Å². The summed E-state index contributed by atoms with van der Waals surface area (Å²) in [7, 11) is 0. The molecule has 0 saturated heterocycles. The monoisotopic (exact) mass is 427 g/mol. The second kappa shape index (κ2) is 8.41. The van der Waals surface area contributed by atoms with Crippen molar-refractivity contribution in [1.29, 1.82) is 0 Å². The minimum Gasteiger partial charge on any atom is -0.484 e. The van der Waals surface area contributed by atoms with Crippen LogP contribution in [0.25, 0.3) is 32.9 Å². The Hall–Kier alpha value is -3.97. The molecule has 152 valence electrons. The third-order valence-corrected chi connectivity index (χ3v) is 5.56. The van der Waals surface area contributed by atoms with Crippen LogP contribution in [0.4, 0.5) is 5.69 Å². The molecule has 0 aliphatic carbocycles. The lowest BCUT2D eigenvalue weighted by molar-refractivity contribution is -0.118. The molecule has 0 saturated carbocycles. The van der Waals surface area contributed by atoms with Gasteiger partial charge in [0.05, 0.1) is 16.1 Å². The smallest absolute Gasteiger partial charge is 0.262 e. The molecule has 1 amide bonds. The zero-order chi connectivity index (χ0) is 21.0. The van der Waals surface area contributed by atoms with Crippen molar-refractivity contribution in [2.75, 3.05) is 11.9 Å². The van der Waals surface area contributed by atoms with Crippen LogP contribution in [0, 0.1) is 0 Å². The molecule has 5 aromatic rings. The predicted octanol–water partition coefficient (Wildman–Crippen LogP) is 5.64. The standard InChI is InChI=1S/C24H17N3O3S/c28-22(15-29-18-12-11-16-6-1-2-7-17(16)14-18)25-20-9-4-3-8-19(20)24-26-23(27-30-24)21-10-5-13-31-21/h1-14H,15H2,(H,25,28). The van der Waals surface area contributed by atoms with Gasteiger partial charge in [-0.3, -0.25) is 4.79 Å². The van der Waals surface area contributed by atoms with Crippen molar-refractivity contribution in [2.24, 2.45) is 0 Å². The van der Waals surface area contributed by atoms with Crippen LogP contribution < -0.4 is 10.1 Å². The molecule has 0 atom stereocenters. The maximum absolute atomic E-state index is 12.5. The van der Waals surface area contributed by atoms with Crippen LogP contribution in [-0.2, 0) is 4.79 Å². The van der Waals surface area contributed by atoms with Crippen molar-refractivity contribution in [1.82, 2.24) is 10.1 Å². The Balaban J connectivity index is 1.29. The number of amides is 1. The summed E-state index contributed by atoms with van der Waals surface area (Å²) in [5.74, 6) is 1.22. The third kappa shape index (κ3) is 4.17. The van der Waals surface area contributed by atoms with Crippen LogP contribution in [0.2, 0.25) is 0 Å². The number of hydrogen-bond acceptors (Lipinski definition) is 6. The Morgan fingerprint density at radius 3 is 2.68 bits per heavy atom. The summed E-state index contributed by atoms with van der Waals surface area (Å²) in [5, 5.41) is 11.0. The van der Waals surface area contributed by atoms with Crippen molar-refractivity contribution in [3.63, 3.8) is 0 Å². The summed E-state index contributed by atoms with van der Waals surface area (Å²) in [5.41, 5.74) is 1.23. The average Bonchev–Trinajstić information content (AvgIpc) is 3.50. The molecule has 2 aromatic heterocycles. The van der Waals surface area contributed by atoms with Crippen LogP contribution in [0.5, 0.6) is 5.75 Å². The van der Waals surface area contributed by atoms with E-state index in [4.69, 9.17) is 9.26 Å². The van der Waals surface area contributed by atoms with Gasteiger partial charge in [-0.15, -0.1) is 11.3 Å². The fourth-order valence-electron chi connectivity index (χ4n) is 3.21. The van der Waals surface area contributed by atoms with Gasteiger partial charge in [-0.1, -0.05) is 53.7 Å². The fraction of sp³-hybridized carbons (Fsp3) is 0.0417. The van der Waals surface area contributed by atoms with E-state index in [1.54, 1.807) is 6.07 Å². The molecule has 0 bridgehead atoms. The Morgan fingerprint density at radius 2 is 1.81 bits per heavy atom. The molecule has 2 heterocycles. The van der Waals surface area contributed by atoms with E-state index < -0.39 is 0 Å². The highest BCUT2D eigenvalue weighted by Crippen LogP contribution is 2.30. The van der Waals surface area contributed by atoms with Crippen LogP contribution in [0.15, 0.2) is 88.8 Å². The number of benzene rings is 3. The minimum absolute atomic E-state index is 0.114. The van der Waals surface area contributed by atoms with Gasteiger partial charge in [0.1, 0.15) is 5.75 Å². The second-order valence-corrected chi connectivity index (χ2v) is 7.74. The zero-order valence-corrected chi connectivity index (χ0v) is 17.1. The van der Waals surface area contributed by atoms with E-state index >= 15 is 0 Å². The molecule has 0 radical (unpaired) electrons. The Labute approximate surface area is 182 Å². The highest BCUT2D eigenvalue weighted by Gasteiger charge is 2.16. The zero-order valence-electron chi connectivity index (χ0n) is 16.3. The molecule has 0 fully saturated rings. The number of para-hydroxylation sites is 1. The molecule has 0 unspecified atom stereocenters. The van der Waals surface area contributed by atoms with Gasteiger partial charge in [-0.25, -0.2) is 0 Å². The highest BCUT2D eigenvalue weighted by atomic mass is 32.1. The molecule has 6 nitrogen and oxygen atoms in total. The first-order valence-electron chi connectivity index (χ1n) is 9.65. The maximum atomic E-state index is 12.5. The number of thiophene rings is 1. The SMILES string of the molecule is O=C(COc1ccc2ccccc2c1)Nc1ccccc1-c1nc(-c2cccs2)no1. The van der Waals surface area contributed by atoms with Gasteiger partial charge in [0, 0.05) is 0 Å². The lowest BCUT2D eigenvalue weighted by Gasteiger charge is -2.10. The topological polar surface area (TPSA) is 77.2 Å². The molecule has 0 aliphatic rings. The molecule has 5 rings (SSSR count). The van der Waals surface area contributed by atoms with E-state index in [1.165, 1.54) is 11.3 Å². The van der Waals surface area contributed by atoms with E-state index in [0.29, 0.717) is 28.7 Å². The molecule has 7 heteroatoms. The first-order valence-corrected chi connectivity index (χ1v) is 10.5. The molecule has 0 aliphatic heterocycles. The number of anilines is 1. The summed E-state index contributed by atoms with van der Waals surface area (Å²) in [4.78, 5) is 17.9. The van der Waals surface area contributed by atoms with Crippen LogP contribution in [0.3, 0.4) is 0 Å². The highest BCUT2D eigenvalue weighted by molar-refractivity contribution is 7.13. The summed E-state index contributed by atoms with van der Waals surface area (Å²) in [6.45, 7) is -0.114. The van der Waals surface area contributed by atoms with Crippen LogP contribution in [0.1, 0.15) is 0 Å². The van der Waals surface area contributed by atoms with E-state index in [9.17, 15) is 4.79 Å². The number of ether oxygens (including phenoxy) is 1. The Bertz CT molecular complexity index is 1350. The summed E-state index contributed by atoms with van der Waals surface area (Å²) in [6.07, 6.45) is 0. The number of carbonyl (C=O) groups excluding carboxylic acids is 1. The predicted molar refractivity (Wildman–Crippen MR) is 121 cm³/mol. The van der Waals surface area contributed by atoms with Gasteiger partial charge in [0.25, 0.3) is 11.8 Å². The number of carbonyl (C=O) groups is 1. The maximum Gasteiger partial charge on any atom is 0.262 e. The summed E-state index contributed by atoms with van der Waals surface area (Å²) >= 11 is 1.53. The van der Waals surface area contributed by atoms with E-state index in [2.05, 4.69) is 15.5 Å². The van der Waals surface area contributed by atoms with E-state index in [0.717, 1.165) is 15.6 Å². The fourth-order valence-corrected chi connectivity index (χ4v) is 3.86. The molecule has 0 spiro atoms. The number of hydrogen-bond donors (Lipinski definition) is 1. The summed E-state index contributed by atoms with van der Waals surface area (Å²) in [6, 6.07) is 24.9. The normalized spacial score (nSPS) is 10.8. The van der Waals surface area contributed by atoms with Gasteiger partial charge in [-0.05, 0) is 46.5 Å². The van der Waals surface area contributed by atoms with Crippen molar-refractivity contribution in [2.45, 2.75) is 0 Å². The quantitative estimate of drug-likeness (QED) is 0.380. The molecule has 1 N–H and O–H groups in total. The number of nitrogens with one attached hydrogen (secondary N) is 1. The van der Waals surface area contributed by atoms with E-state index in [1.807, 2.05) is 78.2 Å². The van der Waals surface area contributed by atoms with Crippen molar-refractivity contribution in [3.05, 3.63) is 84.2 Å². The van der Waals surface area contributed by atoms with Gasteiger partial charge in [0.15, 0.2) is 6.61 Å².